The molecule has 0 atom stereocenters. The minimum atomic E-state index is -0.0683. The molecule has 0 spiro atoms. The summed E-state index contributed by atoms with van der Waals surface area (Å²) in [5.41, 5.74) is 2.43. The van der Waals surface area contributed by atoms with E-state index in [-0.39, 0.29) is 11.5 Å². The zero-order valence-corrected chi connectivity index (χ0v) is 13.0. The van der Waals surface area contributed by atoms with E-state index in [1.807, 2.05) is 30.3 Å². The summed E-state index contributed by atoms with van der Waals surface area (Å²) in [7, 11) is 0. The van der Waals surface area contributed by atoms with Gasteiger partial charge in [0.05, 0.1) is 0 Å². The van der Waals surface area contributed by atoms with Gasteiger partial charge in [-0.2, -0.15) is 10.5 Å². The lowest BCUT2D eigenvalue weighted by atomic mass is 10.1. The molecule has 5 heteroatoms. The molecule has 118 valence electrons. The van der Waals surface area contributed by atoms with Crippen molar-refractivity contribution in [1.29, 1.82) is 10.5 Å². The predicted octanol–water partition coefficient (Wildman–Crippen LogP) is 3.60. The quantitative estimate of drug-likeness (QED) is 0.797. The van der Waals surface area contributed by atoms with Crippen LogP contribution in [-0.2, 0) is 11.2 Å². The second-order valence-corrected chi connectivity index (χ2v) is 5.04. The molecule has 0 fully saturated rings. The normalized spacial score (nSPS) is 9.25. The highest BCUT2D eigenvalue weighted by Gasteiger charge is 2.04. The van der Waals surface area contributed by atoms with Crippen molar-refractivity contribution in [1.82, 2.24) is 0 Å². The monoisotopic (exact) mass is 316 g/mol. The molecule has 0 radical (unpaired) electrons. The first-order valence-electron chi connectivity index (χ1n) is 7.42. The maximum Gasteiger partial charge on any atom is 0.224 e. The van der Waals surface area contributed by atoms with Crippen molar-refractivity contribution in [2.75, 3.05) is 10.6 Å². The van der Waals surface area contributed by atoms with Crippen LogP contribution >= 0.6 is 0 Å². The van der Waals surface area contributed by atoms with Gasteiger partial charge in [0.15, 0.2) is 0 Å². The van der Waals surface area contributed by atoms with E-state index in [1.54, 1.807) is 36.4 Å². The second kappa shape index (κ2) is 8.77. The molecule has 24 heavy (non-hydrogen) atoms. The molecule has 5 nitrogen and oxygen atoms in total. The number of nitrogens with one attached hydrogen (secondary N) is 2. The Hall–Kier alpha value is -3.57. The van der Waals surface area contributed by atoms with Crippen LogP contribution < -0.4 is 10.6 Å². The molecule has 2 rings (SSSR count). The van der Waals surface area contributed by atoms with E-state index in [0.29, 0.717) is 24.2 Å². The summed E-state index contributed by atoms with van der Waals surface area (Å²) >= 11 is 0. The van der Waals surface area contributed by atoms with Crippen molar-refractivity contribution < 1.29 is 4.79 Å². The van der Waals surface area contributed by atoms with Gasteiger partial charge in [-0.1, -0.05) is 36.4 Å². The smallest absolute Gasteiger partial charge is 0.224 e. The van der Waals surface area contributed by atoms with Crippen molar-refractivity contribution in [3.63, 3.8) is 0 Å². The zero-order chi connectivity index (χ0) is 17.2. The summed E-state index contributed by atoms with van der Waals surface area (Å²) in [6.45, 7) is 0. The van der Waals surface area contributed by atoms with Crippen LogP contribution in [0.1, 0.15) is 12.0 Å². The fraction of sp³-hybridized carbons (Fsp3) is 0.105. The lowest BCUT2D eigenvalue weighted by Gasteiger charge is -2.07. The highest BCUT2D eigenvalue weighted by atomic mass is 16.1. The van der Waals surface area contributed by atoms with Crippen LogP contribution in [0, 0.1) is 22.7 Å². The molecular weight excluding hydrogens is 300 g/mol. The van der Waals surface area contributed by atoms with E-state index in [1.165, 1.54) is 6.20 Å². The van der Waals surface area contributed by atoms with Gasteiger partial charge in [-0.15, -0.1) is 0 Å². The summed E-state index contributed by atoms with van der Waals surface area (Å²) in [4.78, 5) is 12.0. The summed E-state index contributed by atoms with van der Waals surface area (Å²) in [6.07, 6.45) is 2.41. The van der Waals surface area contributed by atoms with Crippen LogP contribution in [0.25, 0.3) is 0 Å². The number of hydrogen-bond acceptors (Lipinski definition) is 4. The van der Waals surface area contributed by atoms with E-state index < -0.39 is 0 Å². The van der Waals surface area contributed by atoms with Crippen molar-refractivity contribution >= 4 is 17.3 Å². The van der Waals surface area contributed by atoms with Crippen LogP contribution in [0.3, 0.4) is 0 Å². The van der Waals surface area contributed by atoms with Crippen LogP contribution in [0.15, 0.2) is 66.4 Å². The molecule has 1 amide bonds. The standard InChI is InChI=1S/C19H16N4O/c20-12-16(13-21)14-22-17-7-4-8-18(11-17)23-19(24)10-9-15-5-2-1-3-6-15/h1-8,11,14,22H,9-10H2,(H,23,24). The van der Waals surface area contributed by atoms with Crippen molar-refractivity contribution in [2.45, 2.75) is 12.8 Å². The Morgan fingerprint density at radius 1 is 1.00 bits per heavy atom. The largest absolute Gasteiger partial charge is 0.360 e. The van der Waals surface area contributed by atoms with Gasteiger partial charge >= 0.3 is 0 Å². The fourth-order valence-electron chi connectivity index (χ4n) is 2.06. The Balaban J connectivity index is 1.92. The first kappa shape index (κ1) is 16.8. The number of carbonyl (C=O) groups excluding carboxylic acids is 1. The average Bonchev–Trinajstić information content (AvgIpc) is 2.62. The van der Waals surface area contributed by atoms with E-state index in [2.05, 4.69) is 10.6 Å². The predicted molar refractivity (Wildman–Crippen MR) is 92.8 cm³/mol. The molecular formula is C19H16N4O. The Kier molecular flexibility index (Phi) is 6.14. The van der Waals surface area contributed by atoms with Crippen molar-refractivity contribution in [3.8, 4) is 12.1 Å². The SMILES string of the molecule is N#CC(C#N)=CNc1cccc(NC(=O)CCc2ccccc2)c1. The van der Waals surface area contributed by atoms with Gasteiger partial charge in [-0.25, -0.2) is 0 Å². The molecule has 0 aliphatic rings. The first-order chi connectivity index (χ1) is 11.7. The molecule has 2 aromatic carbocycles. The van der Waals surface area contributed by atoms with E-state index in [0.717, 1.165) is 5.56 Å². The van der Waals surface area contributed by atoms with E-state index in [4.69, 9.17) is 10.5 Å². The highest BCUT2D eigenvalue weighted by Crippen LogP contribution is 2.16. The van der Waals surface area contributed by atoms with Gasteiger partial charge in [-0.3, -0.25) is 4.79 Å². The number of aryl methyl sites for hydroxylation is 1. The number of nitrogens with zero attached hydrogens (tertiary/aromatic N) is 2. The molecule has 2 N–H and O–H groups in total. The van der Waals surface area contributed by atoms with Gasteiger partial charge in [0.1, 0.15) is 17.7 Å². The van der Waals surface area contributed by atoms with Gasteiger partial charge in [-0.05, 0) is 30.2 Å². The van der Waals surface area contributed by atoms with Crippen LogP contribution in [0.2, 0.25) is 0 Å². The maximum atomic E-state index is 12.0. The van der Waals surface area contributed by atoms with Gasteiger partial charge in [0, 0.05) is 24.0 Å². The number of nitriles is 2. The molecule has 0 bridgehead atoms. The molecule has 0 saturated heterocycles. The number of rotatable bonds is 6. The van der Waals surface area contributed by atoms with Crippen LogP contribution in [0.4, 0.5) is 11.4 Å². The average molecular weight is 316 g/mol. The third kappa shape index (κ3) is 5.32. The zero-order valence-electron chi connectivity index (χ0n) is 13.0. The lowest BCUT2D eigenvalue weighted by molar-refractivity contribution is -0.116. The lowest BCUT2D eigenvalue weighted by Crippen LogP contribution is -2.12. The topological polar surface area (TPSA) is 88.7 Å². The molecule has 0 saturated carbocycles. The number of carbonyl (C=O) groups is 1. The summed E-state index contributed by atoms with van der Waals surface area (Å²) in [5.74, 6) is -0.0683. The number of hydrogen-bond donors (Lipinski definition) is 2. The van der Waals surface area contributed by atoms with E-state index in [9.17, 15) is 4.79 Å². The molecule has 0 aromatic heterocycles. The third-order valence-corrected chi connectivity index (χ3v) is 3.25. The first-order valence-corrected chi connectivity index (χ1v) is 7.42. The summed E-state index contributed by atoms with van der Waals surface area (Å²) in [5, 5.41) is 23.1. The number of benzene rings is 2. The molecule has 0 heterocycles. The van der Waals surface area contributed by atoms with Gasteiger partial charge < -0.3 is 10.6 Å². The highest BCUT2D eigenvalue weighted by molar-refractivity contribution is 5.91. The third-order valence-electron chi connectivity index (χ3n) is 3.25. The van der Waals surface area contributed by atoms with Crippen molar-refractivity contribution in [2.24, 2.45) is 0 Å². The number of amides is 1. The Morgan fingerprint density at radius 3 is 2.42 bits per heavy atom. The Labute approximate surface area is 140 Å². The summed E-state index contributed by atoms with van der Waals surface area (Å²) < 4.78 is 0. The minimum absolute atomic E-state index is 0.0210. The van der Waals surface area contributed by atoms with Gasteiger partial charge in [0.25, 0.3) is 0 Å². The Morgan fingerprint density at radius 2 is 1.71 bits per heavy atom. The van der Waals surface area contributed by atoms with Crippen LogP contribution in [-0.4, -0.2) is 5.91 Å². The van der Waals surface area contributed by atoms with E-state index >= 15 is 0 Å². The van der Waals surface area contributed by atoms with Crippen LogP contribution in [0.5, 0.6) is 0 Å². The second-order valence-electron chi connectivity index (χ2n) is 5.04. The number of anilines is 2. The molecule has 0 aliphatic heterocycles. The minimum Gasteiger partial charge on any atom is -0.360 e. The van der Waals surface area contributed by atoms with Crippen molar-refractivity contribution in [3.05, 3.63) is 71.9 Å². The molecule has 0 aliphatic carbocycles. The van der Waals surface area contributed by atoms with Gasteiger partial charge in [0.2, 0.25) is 5.91 Å². The maximum absolute atomic E-state index is 12.0. The number of allylic oxidation sites excluding steroid dienone is 1. The Bertz CT molecular complexity index is 797. The summed E-state index contributed by atoms with van der Waals surface area (Å²) in [6, 6.07) is 20.5. The molecule has 0 unspecified atom stereocenters. The molecule has 2 aromatic rings. The fourth-order valence-corrected chi connectivity index (χ4v) is 2.06.